The molecule has 0 spiro atoms. The van der Waals surface area contributed by atoms with E-state index in [1.807, 2.05) is 13.8 Å². The van der Waals surface area contributed by atoms with Crippen molar-refractivity contribution >= 4 is 5.91 Å². The van der Waals surface area contributed by atoms with Gasteiger partial charge in [-0.2, -0.15) is 0 Å². The van der Waals surface area contributed by atoms with Crippen molar-refractivity contribution in [3.05, 3.63) is 11.6 Å². The summed E-state index contributed by atoms with van der Waals surface area (Å²) >= 11 is 0. The molecule has 0 saturated carbocycles. The second kappa shape index (κ2) is 6.22. The maximum atomic E-state index is 11.7. The van der Waals surface area contributed by atoms with Crippen LogP contribution in [0.4, 0.5) is 0 Å². The Hall–Kier alpha value is -1.43. The fourth-order valence-electron chi connectivity index (χ4n) is 1.27. The van der Waals surface area contributed by atoms with E-state index in [0.29, 0.717) is 12.4 Å². The molecular weight excluding hydrogens is 208 g/mol. The van der Waals surface area contributed by atoms with Crippen LogP contribution in [0.1, 0.15) is 36.7 Å². The SMILES string of the molecule is CCc1nc(C(=O)NC(CC)COC)n[nH]1. The Morgan fingerprint density at radius 3 is 2.81 bits per heavy atom. The van der Waals surface area contributed by atoms with Crippen molar-refractivity contribution in [2.45, 2.75) is 32.7 Å². The standard InChI is InChI=1S/C10H18N4O2/c1-4-7(6-16-3)11-10(15)9-12-8(5-2)13-14-9/h7H,4-6H2,1-3H3,(H,11,15)(H,12,13,14). The van der Waals surface area contributed by atoms with Crippen LogP contribution in [0.2, 0.25) is 0 Å². The number of ether oxygens (including phenoxy) is 1. The van der Waals surface area contributed by atoms with Gasteiger partial charge in [0.25, 0.3) is 5.91 Å². The van der Waals surface area contributed by atoms with Gasteiger partial charge >= 0.3 is 0 Å². The Bertz CT molecular complexity index is 337. The number of aromatic nitrogens is 3. The highest BCUT2D eigenvalue weighted by molar-refractivity contribution is 5.90. The molecule has 6 nitrogen and oxygen atoms in total. The summed E-state index contributed by atoms with van der Waals surface area (Å²) in [7, 11) is 1.61. The van der Waals surface area contributed by atoms with E-state index >= 15 is 0 Å². The minimum absolute atomic E-state index is 0.000997. The molecule has 1 aromatic rings. The van der Waals surface area contributed by atoms with Crippen LogP contribution in [-0.4, -0.2) is 40.8 Å². The number of carbonyl (C=O) groups excluding carboxylic acids is 1. The molecule has 0 aliphatic rings. The lowest BCUT2D eigenvalue weighted by atomic mass is 10.2. The second-order valence-corrected chi connectivity index (χ2v) is 3.49. The normalized spacial score (nSPS) is 12.4. The highest BCUT2D eigenvalue weighted by Gasteiger charge is 2.15. The first kappa shape index (κ1) is 12.6. The van der Waals surface area contributed by atoms with Gasteiger partial charge in [0.15, 0.2) is 0 Å². The third kappa shape index (κ3) is 3.30. The molecule has 0 aromatic carbocycles. The summed E-state index contributed by atoms with van der Waals surface area (Å²) in [5.74, 6) is 0.635. The zero-order chi connectivity index (χ0) is 12.0. The van der Waals surface area contributed by atoms with Crippen LogP contribution in [0.15, 0.2) is 0 Å². The van der Waals surface area contributed by atoms with Crippen LogP contribution < -0.4 is 5.32 Å². The first-order chi connectivity index (χ1) is 7.71. The quantitative estimate of drug-likeness (QED) is 0.741. The van der Waals surface area contributed by atoms with Crippen LogP contribution >= 0.6 is 0 Å². The van der Waals surface area contributed by atoms with Gasteiger partial charge < -0.3 is 10.1 Å². The molecule has 1 unspecified atom stereocenters. The average Bonchev–Trinajstić information content (AvgIpc) is 2.76. The molecule has 0 fully saturated rings. The Morgan fingerprint density at radius 1 is 1.56 bits per heavy atom. The van der Waals surface area contributed by atoms with E-state index in [0.717, 1.165) is 12.8 Å². The first-order valence-corrected chi connectivity index (χ1v) is 5.42. The number of nitrogens with zero attached hydrogens (tertiary/aromatic N) is 2. The second-order valence-electron chi connectivity index (χ2n) is 3.49. The van der Waals surface area contributed by atoms with Crippen molar-refractivity contribution in [3.63, 3.8) is 0 Å². The van der Waals surface area contributed by atoms with Crippen LogP contribution in [0.3, 0.4) is 0 Å². The number of amides is 1. The third-order valence-electron chi connectivity index (χ3n) is 2.27. The van der Waals surface area contributed by atoms with Gasteiger partial charge in [-0.05, 0) is 6.42 Å². The van der Waals surface area contributed by atoms with Crippen molar-refractivity contribution < 1.29 is 9.53 Å². The van der Waals surface area contributed by atoms with Crippen molar-refractivity contribution in [1.82, 2.24) is 20.5 Å². The molecule has 1 aromatic heterocycles. The number of methoxy groups -OCH3 is 1. The van der Waals surface area contributed by atoms with E-state index in [1.54, 1.807) is 7.11 Å². The van der Waals surface area contributed by atoms with Crippen molar-refractivity contribution in [1.29, 1.82) is 0 Å². The number of H-pyrrole nitrogens is 1. The predicted molar refractivity (Wildman–Crippen MR) is 59.2 cm³/mol. The molecule has 1 amide bonds. The minimum Gasteiger partial charge on any atom is -0.383 e. The number of rotatable bonds is 6. The van der Waals surface area contributed by atoms with E-state index < -0.39 is 0 Å². The maximum absolute atomic E-state index is 11.7. The van der Waals surface area contributed by atoms with Gasteiger partial charge in [0.2, 0.25) is 5.82 Å². The third-order valence-corrected chi connectivity index (χ3v) is 2.27. The first-order valence-electron chi connectivity index (χ1n) is 5.42. The summed E-state index contributed by atoms with van der Waals surface area (Å²) in [6, 6.07) is 0.000997. The molecule has 0 bridgehead atoms. The van der Waals surface area contributed by atoms with Crippen LogP contribution in [0.5, 0.6) is 0 Å². The highest BCUT2D eigenvalue weighted by Crippen LogP contribution is 1.97. The fraction of sp³-hybridized carbons (Fsp3) is 0.700. The smallest absolute Gasteiger partial charge is 0.291 e. The predicted octanol–water partition coefficient (Wildman–Crippen LogP) is 0.522. The molecule has 0 saturated heterocycles. The lowest BCUT2D eigenvalue weighted by Gasteiger charge is -2.14. The average molecular weight is 226 g/mol. The molecule has 90 valence electrons. The maximum Gasteiger partial charge on any atom is 0.291 e. The van der Waals surface area contributed by atoms with Crippen molar-refractivity contribution in [3.8, 4) is 0 Å². The van der Waals surface area contributed by atoms with Crippen LogP contribution in [0, 0.1) is 0 Å². The van der Waals surface area contributed by atoms with E-state index in [-0.39, 0.29) is 17.8 Å². The topological polar surface area (TPSA) is 79.9 Å². The molecule has 0 aliphatic carbocycles. The summed E-state index contributed by atoms with van der Waals surface area (Å²) in [5.41, 5.74) is 0. The minimum atomic E-state index is -0.264. The summed E-state index contributed by atoms with van der Waals surface area (Å²) in [6.45, 7) is 4.43. The molecule has 2 N–H and O–H groups in total. The van der Waals surface area contributed by atoms with Gasteiger partial charge in [0.1, 0.15) is 5.82 Å². The molecule has 1 rings (SSSR count). The van der Waals surface area contributed by atoms with Crippen molar-refractivity contribution in [2.75, 3.05) is 13.7 Å². The largest absolute Gasteiger partial charge is 0.383 e. The molecule has 1 atom stereocenters. The zero-order valence-corrected chi connectivity index (χ0v) is 9.91. The van der Waals surface area contributed by atoms with Gasteiger partial charge in [-0.1, -0.05) is 13.8 Å². The van der Waals surface area contributed by atoms with Crippen LogP contribution in [0.25, 0.3) is 0 Å². The fourth-order valence-corrected chi connectivity index (χ4v) is 1.27. The Labute approximate surface area is 94.8 Å². The number of aryl methyl sites for hydroxylation is 1. The Kier molecular flexibility index (Phi) is 4.91. The molecule has 1 heterocycles. The number of hydrogen-bond acceptors (Lipinski definition) is 4. The summed E-state index contributed by atoms with van der Waals surface area (Å²) in [5, 5.41) is 9.36. The number of carbonyl (C=O) groups is 1. The summed E-state index contributed by atoms with van der Waals surface area (Å²) in [4.78, 5) is 15.8. The number of hydrogen-bond donors (Lipinski definition) is 2. The van der Waals surface area contributed by atoms with E-state index in [9.17, 15) is 4.79 Å². The monoisotopic (exact) mass is 226 g/mol. The Morgan fingerprint density at radius 2 is 2.31 bits per heavy atom. The zero-order valence-electron chi connectivity index (χ0n) is 9.91. The van der Waals surface area contributed by atoms with Gasteiger partial charge in [0.05, 0.1) is 12.6 Å². The van der Waals surface area contributed by atoms with E-state index in [4.69, 9.17) is 4.74 Å². The van der Waals surface area contributed by atoms with Crippen LogP contribution in [-0.2, 0) is 11.2 Å². The molecular formula is C10H18N4O2. The lowest BCUT2D eigenvalue weighted by molar-refractivity contribution is 0.0884. The molecule has 6 heteroatoms. The van der Waals surface area contributed by atoms with Crippen molar-refractivity contribution in [2.24, 2.45) is 0 Å². The van der Waals surface area contributed by atoms with Gasteiger partial charge in [-0.3, -0.25) is 9.89 Å². The molecule has 0 aliphatic heterocycles. The highest BCUT2D eigenvalue weighted by atomic mass is 16.5. The Balaban J connectivity index is 2.56. The van der Waals surface area contributed by atoms with E-state index in [2.05, 4.69) is 20.5 Å². The lowest BCUT2D eigenvalue weighted by Crippen LogP contribution is -2.38. The van der Waals surface area contributed by atoms with Gasteiger partial charge in [0, 0.05) is 13.5 Å². The number of nitrogens with one attached hydrogen (secondary N) is 2. The molecule has 0 radical (unpaired) electrons. The molecule has 16 heavy (non-hydrogen) atoms. The van der Waals surface area contributed by atoms with E-state index in [1.165, 1.54) is 0 Å². The van der Waals surface area contributed by atoms with Gasteiger partial charge in [-0.25, -0.2) is 4.98 Å². The summed E-state index contributed by atoms with van der Waals surface area (Å²) in [6.07, 6.45) is 1.54. The number of aromatic amines is 1. The summed E-state index contributed by atoms with van der Waals surface area (Å²) < 4.78 is 4.99. The van der Waals surface area contributed by atoms with Gasteiger partial charge in [-0.15, -0.1) is 5.10 Å².